The summed E-state index contributed by atoms with van der Waals surface area (Å²) in [6.45, 7) is 3.98. The Morgan fingerprint density at radius 3 is 3.00 bits per heavy atom. The van der Waals surface area contributed by atoms with Gasteiger partial charge in [-0.05, 0) is 43.4 Å². The number of anilines is 1. The van der Waals surface area contributed by atoms with Crippen LogP contribution in [0.2, 0.25) is 0 Å². The first kappa shape index (κ1) is 16.3. The molecule has 3 aliphatic rings. The maximum atomic E-state index is 13.0. The average molecular weight is 340 g/mol. The van der Waals surface area contributed by atoms with Gasteiger partial charge in [0.2, 0.25) is 5.91 Å². The lowest BCUT2D eigenvalue weighted by atomic mass is 9.70. The highest BCUT2D eigenvalue weighted by Crippen LogP contribution is 2.52. The number of ether oxygens (including phenoxy) is 1. The van der Waals surface area contributed by atoms with Crippen LogP contribution in [0.15, 0.2) is 35.9 Å². The molecule has 1 aromatic rings. The van der Waals surface area contributed by atoms with Crippen molar-refractivity contribution < 1.29 is 14.3 Å². The standard InChI is InChI=1S/C20H24N2O3/c1-3-13-12-22-9-8-20(17(22)10-14(13)11-18(23)25-2)15-6-4-5-7-16(15)21-19(20)24/h4-7,11,13,17H,3,8-10,12H2,1-2H3,(H,21,24)/b14-11+/t13-,17-,20-/m0/s1. The van der Waals surface area contributed by atoms with Gasteiger partial charge in [-0.1, -0.05) is 30.7 Å². The summed E-state index contributed by atoms with van der Waals surface area (Å²) in [6, 6.07) is 8.13. The third-order valence-corrected chi connectivity index (χ3v) is 6.27. The van der Waals surface area contributed by atoms with Gasteiger partial charge in [0.05, 0.1) is 12.5 Å². The number of hydrogen-bond donors (Lipinski definition) is 1. The molecule has 3 atom stereocenters. The van der Waals surface area contributed by atoms with E-state index < -0.39 is 5.41 Å². The summed E-state index contributed by atoms with van der Waals surface area (Å²) in [5.41, 5.74) is 2.67. The van der Waals surface area contributed by atoms with E-state index >= 15 is 0 Å². The van der Waals surface area contributed by atoms with Crippen molar-refractivity contribution in [1.82, 2.24) is 4.90 Å². The molecule has 0 aliphatic carbocycles. The van der Waals surface area contributed by atoms with Crippen LogP contribution in [0.5, 0.6) is 0 Å². The molecule has 2 fully saturated rings. The van der Waals surface area contributed by atoms with Gasteiger partial charge in [-0.15, -0.1) is 0 Å². The number of amides is 1. The second-order valence-corrected chi connectivity index (χ2v) is 7.28. The summed E-state index contributed by atoms with van der Waals surface area (Å²) < 4.78 is 4.84. The largest absolute Gasteiger partial charge is 0.466 e. The number of para-hydroxylation sites is 1. The summed E-state index contributed by atoms with van der Waals surface area (Å²) in [5.74, 6) is 0.156. The lowest BCUT2D eigenvalue weighted by Gasteiger charge is -2.41. The van der Waals surface area contributed by atoms with Gasteiger partial charge in [0, 0.05) is 24.4 Å². The molecule has 5 nitrogen and oxygen atoms in total. The Bertz CT molecular complexity index is 757. The summed E-state index contributed by atoms with van der Waals surface area (Å²) >= 11 is 0. The molecule has 1 spiro atoms. The highest BCUT2D eigenvalue weighted by molar-refractivity contribution is 6.07. The number of fused-ring (bicyclic) bond motifs is 4. The van der Waals surface area contributed by atoms with Crippen molar-refractivity contribution in [2.75, 3.05) is 25.5 Å². The van der Waals surface area contributed by atoms with Crippen LogP contribution >= 0.6 is 0 Å². The van der Waals surface area contributed by atoms with Gasteiger partial charge < -0.3 is 10.1 Å². The monoisotopic (exact) mass is 340 g/mol. The fourth-order valence-electron chi connectivity index (χ4n) is 4.96. The zero-order valence-corrected chi connectivity index (χ0v) is 14.7. The van der Waals surface area contributed by atoms with Crippen molar-refractivity contribution in [2.24, 2.45) is 5.92 Å². The molecule has 1 amide bonds. The second kappa shape index (κ2) is 5.99. The minimum absolute atomic E-state index is 0.105. The maximum Gasteiger partial charge on any atom is 0.330 e. The molecule has 0 radical (unpaired) electrons. The molecule has 3 aliphatic heterocycles. The van der Waals surface area contributed by atoms with E-state index in [0.717, 1.165) is 49.2 Å². The van der Waals surface area contributed by atoms with Crippen LogP contribution in [-0.4, -0.2) is 43.0 Å². The lowest BCUT2D eigenvalue weighted by Crippen LogP contribution is -2.51. The van der Waals surface area contributed by atoms with Crippen LogP contribution in [0, 0.1) is 5.92 Å². The number of hydrogen-bond acceptors (Lipinski definition) is 4. The zero-order chi connectivity index (χ0) is 17.6. The molecule has 2 saturated heterocycles. The van der Waals surface area contributed by atoms with E-state index in [1.54, 1.807) is 6.08 Å². The topological polar surface area (TPSA) is 58.6 Å². The number of carbonyl (C=O) groups excluding carboxylic acids is 2. The summed E-state index contributed by atoms with van der Waals surface area (Å²) in [7, 11) is 1.41. The van der Waals surface area contributed by atoms with Crippen LogP contribution in [0.4, 0.5) is 5.69 Å². The van der Waals surface area contributed by atoms with Gasteiger partial charge in [-0.25, -0.2) is 4.79 Å². The first-order valence-corrected chi connectivity index (χ1v) is 9.03. The Labute approximate surface area is 148 Å². The predicted molar refractivity (Wildman–Crippen MR) is 95.2 cm³/mol. The fraction of sp³-hybridized carbons (Fsp3) is 0.500. The van der Waals surface area contributed by atoms with Crippen LogP contribution in [0.1, 0.15) is 31.7 Å². The molecule has 5 heteroatoms. The van der Waals surface area contributed by atoms with Gasteiger partial charge in [0.25, 0.3) is 0 Å². The maximum absolute atomic E-state index is 13.0. The number of esters is 1. The first-order chi connectivity index (χ1) is 12.1. The Balaban J connectivity index is 1.74. The SMILES string of the molecule is CC[C@H]1CN2CC[C@@]3(C(=O)Nc4ccccc43)[C@@H]2C/C1=C\C(=O)OC. The van der Waals surface area contributed by atoms with Crippen molar-refractivity contribution >= 4 is 17.6 Å². The second-order valence-electron chi connectivity index (χ2n) is 7.28. The normalized spacial score (nSPS) is 32.6. The van der Waals surface area contributed by atoms with Gasteiger partial charge in [0.15, 0.2) is 0 Å². The van der Waals surface area contributed by atoms with Crippen LogP contribution in [-0.2, 0) is 19.7 Å². The predicted octanol–water partition coefficient (Wildman–Crippen LogP) is 2.48. The third kappa shape index (κ3) is 2.33. The van der Waals surface area contributed by atoms with Crippen LogP contribution < -0.4 is 5.32 Å². The van der Waals surface area contributed by atoms with Gasteiger partial charge in [-0.2, -0.15) is 0 Å². The molecule has 132 valence electrons. The van der Waals surface area contributed by atoms with Crippen molar-refractivity contribution in [3.8, 4) is 0 Å². The molecule has 1 aromatic carbocycles. The van der Waals surface area contributed by atoms with E-state index in [4.69, 9.17) is 4.74 Å². The van der Waals surface area contributed by atoms with Gasteiger partial charge >= 0.3 is 5.97 Å². The van der Waals surface area contributed by atoms with Gasteiger partial charge in [0.1, 0.15) is 0 Å². The van der Waals surface area contributed by atoms with E-state index in [-0.39, 0.29) is 17.9 Å². The molecule has 0 aromatic heterocycles. The van der Waals surface area contributed by atoms with Crippen molar-refractivity contribution in [1.29, 1.82) is 0 Å². The van der Waals surface area contributed by atoms with Crippen LogP contribution in [0.3, 0.4) is 0 Å². The van der Waals surface area contributed by atoms with E-state index in [9.17, 15) is 9.59 Å². The van der Waals surface area contributed by atoms with E-state index in [1.807, 2.05) is 18.2 Å². The minimum Gasteiger partial charge on any atom is -0.466 e. The number of carbonyl (C=O) groups is 2. The molecule has 3 heterocycles. The van der Waals surface area contributed by atoms with Crippen molar-refractivity contribution in [3.63, 3.8) is 0 Å². The Hall–Kier alpha value is -2.14. The number of benzene rings is 1. The molecule has 0 saturated carbocycles. The first-order valence-electron chi connectivity index (χ1n) is 9.03. The highest BCUT2D eigenvalue weighted by atomic mass is 16.5. The molecular weight excluding hydrogens is 316 g/mol. The molecule has 0 bridgehead atoms. The zero-order valence-electron chi connectivity index (χ0n) is 14.7. The van der Waals surface area contributed by atoms with E-state index in [0.29, 0.717) is 5.92 Å². The number of nitrogens with zero attached hydrogens (tertiary/aromatic N) is 1. The molecule has 1 N–H and O–H groups in total. The Morgan fingerprint density at radius 1 is 1.44 bits per heavy atom. The molecular formula is C20H24N2O3. The average Bonchev–Trinajstić information content (AvgIpc) is 3.14. The number of nitrogens with one attached hydrogen (secondary N) is 1. The summed E-state index contributed by atoms with van der Waals surface area (Å²) in [5, 5.41) is 3.08. The summed E-state index contributed by atoms with van der Waals surface area (Å²) in [6.07, 6.45) is 4.22. The fourth-order valence-corrected chi connectivity index (χ4v) is 4.96. The minimum atomic E-state index is -0.496. The van der Waals surface area contributed by atoms with E-state index in [2.05, 4.69) is 23.2 Å². The van der Waals surface area contributed by atoms with Gasteiger partial charge in [-0.3, -0.25) is 9.69 Å². The van der Waals surface area contributed by atoms with Crippen molar-refractivity contribution in [2.45, 2.75) is 37.6 Å². The number of methoxy groups -OCH3 is 1. The molecule has 25 heavy (non-hydrogen) atoms. The molecule has 0 unspecified atom stereocenters. The third-order valence-electron chi connectivity index (χ3n) is 6.27. The Morgan fingerprint density at radius 2 is 2.24 bits per heavy atom. The Kier molecular flexibility index (Phi) is 3.91. The van der Waals surface area contributed by atoms with Crippen molar-refractivity contribution in [3.05, 3.63) is 41.5 Å². The summed E-state index contributed by atoms with van der Waals surface area (Å²) in [4.78, 5) is 27.3. The number of rotatable bonds is 2. The molecule has 4 rings (SSSR count). The number of piperidine rings is 1. The highest BCUT2D eigenvalue weighted by Gasteiger charge is 2.58. The smallest absolute Gasteiger partial charge is 0.330 e. The lowest BCUT2D eigenvalue weighted by molar-refractivity contribution is -0.135. The quantitative estimate of drug-likeness (QED) is 0.664. The van der Waals surface area contributed by atoms with Crippen LogP contribution in [0.25, 0.3) is 0 Å². The van der Waals surface area contributed by atoms with E-state index in [1.165, 1.54) is 7.11 Å².